The number of ether oxygens (including phenoxy) is 1. The molecule has 0 aliphatic carbocycles. The zero-order valence-corrected chi connectivity index (χ0v) is 59.8. The van der Waals surface area contributed by atoms with Crippen molar-refractivity contribution in [3.05, 3.63) is 72.9 Å². The molecule has 10 heteroatoms. The Morgan fingerprint density at radius 2 is 0.727 bits per heavy atom. The summed E-state index contributed by atoms with van der Waals surface area (Å²) in [5.74, 6) is -0.529. The van der Waals surface area contributed by atoms with Crippen molar-refractivity contribution < 1.29 is 37.3 Å². The number of nitrogens with one attached hydrogen (secondary N) is 1. The summed E-state index contributed by atoms with van der Waals surface area (Å²) in [6.07, 6.45) is 88.9. The highest BCUT2D eigenvalue weighted by atomic mass is 31.2. The molecule has 0 aromatic carbocycles. The van der Waals surface area contributed by atoms with Gasteiger partial charge in [-0.2, -0.15) is 0 Å². The first-order chi connectivity index (χ1) is 42.9. The first-order valence-electron chi connectivity index (χ1n) is 37.7. The van der Waals surface area contributed by atoms with Crippen LogP contribution < -0.4 is 10.2 Å². The Balaban J connectivity index is 4.98. The van der Waals surface area contributed by atoms with Gasteiger partial charge in [0.1, 0.15) is 19.3 Å². The molecule has 3 unspecified atom stereocenters. The molecule has 0 saturated carbocycles. The number of likely N-dealkylation sites (N-methyl/N-ethyl adjacent to an activating group) is 1. The zero-order valence-electron chi connectivity index (χ0n) is 58.9. The Labute approximate surface area is 546 Å². The number of amides is 1. The molecule has 3 atom stereocenters. The third-order valence-electron chi connectivity index (χ3n) is 16.9. The number of unbranched alkanes of at least 4 members (excludes halogenated alkanes) is 43. The van der Waals surface area contributed by atoms with Crippen LogP contribution in [0.4, 0.5) is 0 Å². The highest BCUT2D eigenvalue weighted by Gasteiger charge is 2.27. The average molecular weight is 1250 g/mol. The van der Waals surface area contributed by atoms with Crippen molar-refractivity contribution in [2.45, 2.75) is 373 Å². The predicted octanol–water partition coefficient (Wildman–Crippen LogP) is 23.7. The van der Waals surface area contributed by atoms with E-state index in [1.54, 1.807) is 0 Å². The van der Waals surface area contributed by atoms with Crippen LogP contribution in [-0.4, -0.2) is 69.4 Å². The molecule has 0 fully saturated rings. The minimum atomic E-state index is -4.71. The summed E-state index contributed by atoms with van der Waals surface area (Å²) >= 11 is 0. The molecule has 0 spiro atoms. The number of quaternary nitrogens is 1. The SMILES string of the molecule is CC/C=C\C/C=C\C/C=C\C/C=C\C/C=C\CCCCCCCCCCCCCC(=O)NC(COP(=O)([O-])OCC[N+](C)(C)C)C(/C=C/CCCCCCCCCCCC)OC(=O)CCCCCCCCCCCCCCCCCCCCCCCCC. The fourth-order valence-electron chi connectivity index (χ4n) is 11.1. The Hall–Kier alpha value is -2.55. The quantitative estimate of drug-likeness (QED) is 0.0212. The highest BCUT2D eigenvalue weighted by molar-refractivity contribution is 7.45. The van der Waals surface area contributed by atoms with E-state index in [0.29, 0.717) is 17.4 Å². The molecule has 0 aliphatic heterocycles. The minimum absolute atomic E-state index is 0.0228. The molecule has 514 valence electrons. The highest BCUT2D eigenvalue weighted by Crippen LogP contribution is 2.38. The number of rotatable bonds is 69. The van der Waals surface area contributed by atoms with Crippen LogP contribution in [-0.2, 0) is 27.9 Å². The number of allylic oxidation sites excluding steroid dienone is 11. The number of hydrogen-bond donors (Lipinski definition) is 1. The second-order valence-electron chi connectivity index (χ2n) is 26.8. The third kappa shape index (κ3) is 67.8. The molecule has 1 N–H and O–H groups in total. The van der Waals surface area contributed by atoms with E-state index >= 15 is 0 Å². The van der Waals surface area contributed by atoms with Crippen LogP contribution in [0, 0.1) is 0 Å². The second kappa shape index (κ2) is 67.3. The molecule has 0 bridgehead atoms. The molecule has 0 radical (unpaired) electrons. The topological polar surface area (TPSA) is 114 Å². The minimum Gasteiger partial charge on any atom is -0.756 e. The van der Waals surface area contributed by atoms with Gasteiger partial charge in [0.25, 0.3) is 7.82 Å². The first kappa shape index (κ1) is 85.5. The number of esters is 1. The van der Waals surface area contributed by atoms with E-state index in [4.69, 9.17) is 13.8 Å². The van der Waals surface area contributed by atoms with Gasteiger partial charge in [0.2, 0.25) is 5.91 Å². The second-order valence-corrected chi connectivity index (χ2v) is 28.2. The van der Waals surface area contributed by atoms with Crippen molar-refractivity contribution in [2.75, 3.05) is 40.9 Å². The average Bonchev–Trinajstić information content (AvgIpc) is 3.66. The van der Waals surface area contributed by atoms with Gasteiger partial charge in [-0.15, -0.1) is 0 Å². The van der Waals surface area contributed by atoms with Gasteiger partial charge < -0.3 is 28.5 Å². The van der Waals surface area contributed by atoms with Crippen LogP contribution in [0.5, 0.6) is 0 Å². The van der Waals surface area contributed by atoms with Crippen molar-refractivity contribution in [2.24, 2.45) is 0 Å². The molecule has 9 nitrogen and oxygen atoms in total. The summed E-state index contributed by atoms with van der Waals surface area (Å²) < 4.78 is 30.5. The smallest absolute Gasteiger partial charge is 0.306 e. The standard InChI is InChI=1S/C78H145N2O7P/c1-7-10-13-16-19-22-25-28-30-32-34-36-38-39-40-41-43-44-46-48-50-52-55-58-61-64-67-70-77(81)79-75(74-86-88(83,84)85-73-72-80(4,5)6)76(69-66-63-60-57-54-27-24-21-18-15-12-9-3)87-78(82)71-68-65-62-59-56-53-51-49-47-45-42-37-35-33-31-29-26-23-20-17-14-11-8-2/h10,13,19,22,28,30,34,36,39-40,66,69,75-76H,7-9,11-12,14-18,20-21,23-27,29,31-33,35,37-38,41-65,67-68,70-74H2,1-6H3,(H-,79,81,83,84)/b13-10-,22-19-,30-28-,36-34-,40-39-,69-66+. The Morgan fingerprint density at radius 3 is 1.09 bits per heavy atom. The van der Waals surface area contributed by atoms with E-state index in [9.17, 15) is 19.0 Å². The van der Waals surface area contributed by atoms with E-state index in [2.05, 4.69) is 86.8 Å². The van der Waals surface area contributed by atoms with Crippen molar-refractivity contribution in [3.8, 4) is 0 Å². The lowest BCUT2D eigenvalue weighted by Crippen LogP contribution is -2.47. The van der Waals surface area contributed by atoms with Crippen LogP contribution in [0.3, 0.4) is 0 Å². The lowest BCUT2D eigenvalue weighted by atomic mass is 10.0. The number of phosphoric acid groups is 1. The van der Waals surface area contributed by atoms with Gasteiger partial charge in [-0.3, -0.25) is 14.2 Å². The summed E-state index contributed by atoms with van der Waals surface area (Å²) in [5, 5.41) is 3.05. The molecule has 1 amide bonds. The number of phosphoric ester groups is 1. The monoisotopic (exact) mass is 1250 g/mol. The maximum Gasteiger partial charge on any atom is 0.306 e. The summed E-state index contributed by atoms with van der Waals surface area (Å²) in [6, 6.07) is -0.892. The Kier molecular flexibility index (Phi) is 65.4. The number of carbonyl (C=O) groups excluding carboxylic acids is 2. The summed E-state index contributed by atoms with van der Waals surface area (Å²) in [4.78, 5) is 40.3. The molecule has 0 aromatic heterocycles. The van der Waals surface area contributed by atoms with Crippen molar-refractivity contribution in [1.82, 2.24) is 5.32 Å². The summed E-state index contributed by atoms with van der Waals surface area (Å²) in [7, 11) is 1.19. The van der Waals surface area contributed by atoms with E-state index in [1.165, 1.54) is 231 Å². The van der Waals surface area contributed by atoms with Gasteiger partial charge in [0.15, 0.2) is 0 Å². The molecule has 0 aliphatic rings. The van der Waals surface area contributed by atoms with E-state index in [-0.39, 0.29) is 31.5 Å². The largest absolute Gasteiger partial charge is 0.756 e. The maximum atomic E-state index is 13.6. The van der Waals surface area contributed by atoms with Crippen LogP contribution in [0.25, 0.3) is 0 Å². The molecule has 0 aromatic rings. The Morgan fingerprint density at radius 1 is 0.409 bits per heavy atom. The van der Waals surface area contributed by atoms with Crippen LogP contribution in [0.2, 0.25) is 0 Å². The van der Waals surface area contributed by atoms with Gasteiger partial charge in [-0.05, 0) is 76.7 Å². The number of nitrogens with zero attached hydrogens (tertiary/aromatic N) is 1. The third-order valence-corrected chi connectivity index (χ3v) is 17.9. The van der Waals surface area contributed by atoms with E-state index in [0.717, 1.165) is 96.3 Å². The van der Waals surface area contributed by atoms with Gasteiger partial charge in [-0.25, -0.2) is 0 Å². The predicted molar refractivity (Wildman–Crippen MR) is 381 cm³/mol. The fourth-order valence-corrected chi connectivity index (χ4v) is 11.9. The van der Waals surface area contributed by atoms with Crippen molar-refractivity contribution >= 4 is 19.7 Å². The lowest BCUT2D eigenvalue weighted by molar-refractivity contribution is -0.870. The lowest BCUT2D eigenvalue weighted by Gasteiger charge is -2.30. The molecule has 0 saturated heterocycles. The molecule has 88 heavy (non-hydrogen) atoms. The number of carbonyl (C=O) groups is 2. The van der Waals surface area contributed by atoms with Crippen molar-refractivity contribution in [3.63, 3.8) is 0 Å². The molecule has 0 rings (SSSR count). The normalized spacial score (nSPS) is 13.9. The van der Waals surface area contributed by atoms with E-state index in [1.807, 2.05) is 33.3 Å². The van der Waals surface area contributed by atoms with Crippen LogP contribution in [0.1, 0.15) is 361 Å². The van der Waals surface area contributed by atoms with E-state index < -0.39 is 20.0 Å². The van der Waals surface area contributed by atoms with Gasteiger partial charge in [0.05, 0.1) is 33.8 Å². The summed E-state index contributed by atoms with van der Waals surface area (Å²) in [5.41, 5.74) is 0. The molecular weight excluding hydrogens is 1110 g/mol. The van der Waals surface area contributed by atoms with Crippen LogP contribution in [0.15, 0.2) is 72.9 Å². The number of hydrogen-bond acceptors (Lipinski definition) is 7. The Bertz CT molecular complexity index is 1730. The van der Waals surface area contributed by atoms with Crippen LogP contribution >= 0.6 is 7.82 Å². The zero-order chi connectivity index (χ0) is 64.2. The fraction of sp³-hybridized carbons (Fsp3) is 0.821. The molecule has 0 heterocycles. The van der Waals surface area contributed by atoms with Gasteiger partial charge in [-0.1, -0.05) is 344 Å². The van der Waals surface area contributed by atoms with Gasteiger partial charge in [0, 0.05) is 12.8 Å². The van der Waals surface area contributed by atoms with Crippen molar-refractivity contribution in [1.29, 1.82) is 0 Å². The first-order valence-corrected chi connectivity index (χ1v) is 39.2. The molecular formula is C78H145N2O7P. The maximum absolute atomic E-state index is 13.6. The van der Waals surface area contributed by atoms with Gasteiger partial charge >= 0.3 is 5.97 Å². The summed E-state index contributed by atoms with van der Waals surface area (Å²) in [6.45, 7) is 6.78.